The van der Waals surface area contributed by atoms with Crippen molar-refractivity contribution in [1.82, 2.24) is 10.6 Å². The second kappa shape index (κ2) is 8.74. The summed E-state index contributed by atoms with van der Waals surface area (Å²) in [5, 5.41) is 8.72. The zero-order valence-corrected chi connectivity index (χ0v) is 14.6. The molecule has 0 saturated heterocycles. The Morgan fingerprint density at radius 1 is 1.35 bits per heavy atom. The second-order valence-corrected chi connectivity index (χ2v) is 5.53. The summed E-state index contributed by atoms with van der Waals surface area (Å²) in [4.78, 5) is 25.9. The molecular formula is C16H25ClN4O2. The highest BCUT2D eigenvalue weighted by Gasteiger charge is 2.24. The molecule has 1 aliphatic rings. The standard InChI is InChI=1S/C16H24N4O2.ClH/c1-4-18-16(22)20-8-7-12-5-6-13(9-14(12)20)19-15(21)11(2)10-17-3;/h5-6,9,11,17H,4,7-8,10H2,1-3H3,(H,18,22)(H,19,21);1H. The van der Waals surface area contributed by atoms with E-state index >= 15 is 0 Å². The van der Waals surface area contributed by atoms with Crippen LogP contribution in [0.25, 0.3) is 0 Å². The Kier molecular flexibility index (Phi) is 7.32. The third-order valence-corrected chi connectivity index (χ3v) is 3.78. The third kappa shape index (κ3) is 4.59. The molecule has 1 aromatic carbocycles. The molecule has 0 bridgehead atoms. The number of halogens is 1. The zero-order valence-electron chi connectivity index (χ0n) is 13.8. The van der Waals surface area contributed by atoms with Crippen molar-refractivity contribution in [3.8, 4) is 0 Å². The van der Waals surface area contributed by atoms with Crippen molar-refractivity contribution in [3.63, 3.8) is 0 Å². The highest BCUT2D eigenvalue weighted by atomic mass is 35.5. The average Bonchev–Trinajstić information content (AvgIpc) is 2.91. The van der Waals surface area contributed by atoms with Gasteiger partial charge >= 0.3 is 6.03 Å². The van der Waals surface area contributed by atoms with Crippen LogP contribution in [0.2, 0.25) is 0 Å². The Morgan fingerprint density at radius 3 is 2.74 bits per heavy atom. The molecule has 1 unspecified atom stereocenters. The number of hydrogen-bond donors (Lipinski definition) is 3. The van der Waals surface area contributed by atoms with Gasteiger partial charge in [-0.25, -0.2) is 4.79 Å². The van der Waals surface area contributed by atoms with Gasteiger partial charge in [0, 0.05) is 31.2 Å². The molecule has 1 atom stereocenters. The molecule has 6 nitrogen and oxygen atoms in total. The van der Waals surface area contributed by atoms with Gasteiger partial charge in [-0.1, -0.05) is 13.0 Å². The van der Waals surface area contributed by atoms with Gasteiger partial charge in [0.2, 0.25) is 5.91 Å². The van der Waals surface area contributed by atoms with Gasteiger partial charge in [0.25, 0.3) is 0 Å². The van der Waals surface area contributed by atoms with E-state index in [2.05, 4.69) is 16.0 Å². The fourth-order valence-corrected chi connectivity index (χ4v) is 2.58. The fourth-order valence-electron chi connectivity index (χ4n) is 2.58. The summed E-state index contributed by atoms with van der Waals surface area (Å²) in [6, 6.07) is 5.66. The molecule has 128 valence electrons. The van der Waals surface area contributed by atoms with Crippen LogP contribution in [0.1, 0.15) is 19.4 Å². The Hall–Kier alpha value is -1.79. The summed E-state index contributed by atoms with van der Waals surface area (Å²) in [5.41, 5.74) is 2.74. The Balaban J connectivity index is 0.00000264. The smallest absolute Gasteiger partial charge is 0.321 e. The lowest BCUT2D eigenvalue weighted by Crippen LogP contribution is -2.38. The molecular weight excluding hydrogens is 316 g/mol. The van der Waals surface area contributed by atoms with Crippen molar-refractivity contribution in [3.05, 3.63) is 23.8 Å². The molecule has 7 heteroatoms. The largest absolute Gasteiger partial charge is 0.338 e. The zero-order chi connectivity index (χ0) is 16.1. The lowest BCUT2D eigenvalue weighted by atomic mass is 10.1. The number of amides is 3. The highest BCUT2D eigenvalue weighted by molar-refractivity contribution is 5.97. The molecule has 3 N–H and O–H groups in total. The van der Waals surface area contributed by atoms with Crippen LogP contribution in [-0.4, -0.2) is 38.6 Å². The minimum atomic E-state index is -0.113. The number of nitrogens with one attached hydrogen (secondary N) is 3. The molecule has 0 radical (unpaired) electrons. The molecule has 0 aromatic heterocycles. The van der Waals surface area contributed by atoms with E-state index in [-0.39, 0.29) is 30.3 Å². The molecule has 1 aliphatic heterocycles. The fraction of sp³-hybridized carbons (Fsp3) is 0.500. The van der Waals surface area contributed by atoms with E-state index < -0.39 is 0 Å². The summed E-state index contributed by atoms with van der Waals surface area (Å²) in [5.74, 6) is -0.144. The average molecular weight is 341 g/mol. The van der Waals surface area contributed by atoms with E-state index in [0.29, 0.717) is 19.6 Å². The number of nitrogens with zero attached hydrogens (tertiary/aromatic N) is 1. The predicted molar refractivity (Wildman–Crippen MR) is 95.5 cm³/mol. The van der Waals surface area contributed by atoms with Crippen molar-refractivity contribution >= 4 is 35.7 Å². The normalized spacial score (nSPS) is 13.8. The van der Waals surface area contributed by atoms with Crippen molar-refractivity contribution in [2.45, 2.75) is 20.3 Å². The first kappa shape index (κ1) is 19.3. The van der Waals surface area contributed by atoms with Crippen LogP contribution in [0.5, 0.6) is 0 Å². The van der Waals surface area contributed by atoms with E-state index in [1.54, 1.807) is 4.90 Å². The molecule has 0 aliphatic carbocycles. The molecule has 0 fully saturated rings. The van der Waals surface area contributed by atoms with Gasteiger partial charge in [-0.05, 0) is 38.1 Å². The van der Waals surface area contributed by atoms with Crippen molar-refractivity contribution in [2.75, 3.05) is 36.9 Å². The molecule has 2 rings (SSSR count). The van der Waals surface area contributed by atoms with Crippen molar-refractivity contribution in [2.24, 2.45) is 5.92 Å². The Labute approximate surface area is 143 Å². The number of hydrogen-bond acceptors (Lipinski definition) is 3. The van der Waals surface area contributed by atoms with Gasteiger partial charge in [0.1, 0.15) is 0 Å². The van der Waals surface area contributed by atoms with Crippen LogP contribution in [0.4, 0.5) is 16.2 Å². The highest BCUT2D eigenvalue weighted by Crippen LogP contribution is 2.31. The maximum absolute atomic E-state index is 12.1. The van der Waals surface area contributed by atoms with Gasteiger partial charge in [-0.3, -0.25) is 9.69 Å². The predicted octanol–water partition coefficient (Wildman–Crippen LogP) is 1.99. The molecule has 1 heterocycles. The topological polar surface area (TPSA) is 73.5 Å². The van der Waals surface area contributed by atoms with Gasteiger partial charge in [0.05, 0.1) is 5.69 Å². The Morgan fingerprint density at radius 2 is 2.09 bits per heavy atom. The van der Waals surface area contributed by atoms with Crippen molar-refractivity contribution in [1.29, 1.82) is 0 Å². The van der Waals surface area contributed by atoms with Crippen LogP contribution in [0.15, 0.2) is 18.2 Å². The van der Waals surface area contributed by atoms with Crippen LogP contribution in [0, 0.1) is 5.92 Å². The van der Waals surface area contributed by atoms with Crippen LogP contribution >= 0.6 is 12.4 Å². The van der Waals surface area contributed by atoms with E-state index in [9.17, 15) is 9.59 Å². The van der Waals surface area contributed by atoms with E-state index in [0.717, 1.165) is 23.4 Å². The van der Waals surface area contributed by atoms with Gasteiger partial charge in [-0.2, -0.15) is 0 Å². The number of carbonyl (C=O) groups is 2. The van der Waals surface area contributed by atoms with Gasteiger partial charge in [0.15, 0.2) is 0 Å². The lowest BCUT2D eigenvalue weighted by molar-refractivity contribution is -0.119. The summed E-state index contributed by atoms with van der Waals surface area (Å²) in [7, 11) is 1.82. The number of anilines is 2. The summed E-state index contributed by atoms with van der Waals surface area (Å²) >= 11 is 0. The van der Waals surface area contributed by atoms with Crippen LogP contribution < -0.4 is 20.9 Å². The van der Waals surface area contributed by atoms with Gasteiger partial charge < -0.3 is 16.0 Å². The number of urea groups is 1. The second-order valence-electron chi connectivity index (χ2n) is 5.53. The van der Waals surface area contributed by atoms with E-state index in [4.69, 9.17) is 0 Å². The first-order chi connectivity index (χ1) is 10.6. The monoisotopic (exact) mass is 340 g/mol. The summed E-state index contributed by atoms with van der Waals surface area (Å²) in [6.07, 6.45) is 0.844. The molecule has 1 aromatic rings. The van der Waals surface area contributed by atoms with E-state index in [1.807, 2.05) is 39.1 Å². The lowest BCUT2D eigenvalue weighted by Gasteiger charge is -2.18. The first-order valence-corrected chi connectivity index (χ1v) is 7.70. The number of fused-ring (bicyclic) bond motifs is 1. The summed E-state index contributed by atoms with van der Waals surface area (Å²) in [6.45, 7) is 5.67. The number of carbonyl (C=O) groups excluding carboxylic acids is 2. The quantitative estimate of drug-likeness (QED) is 0.767. The maximum Gasteiger partial charge on any atom is 0.321 e. The van der Waals surface area contributed by atoms with Gasteiger partial charge in [-0.15, -0.1) is 12.4 Å². The summed E-state index contributed by atoms with van der Waals surface area (Å²) < 4.78 is 0. The molecule has 0 saturated carbocycles. The SMILES string of the molecule is CCNC(=O)N1CCc2ccc(NC(=O)C(C)CNC)cc21.Cl. The maximum atomic E-state index is 12.1. The van der Waals surface area contributed by atoms with Crippen molar-refractivity contribution < 1.29 is 9.59 Å². The third-order valence-electron chi connectivity index (χ3n) is 3.78. The number of benzene rings is 1. The molecule has 0 spiro atoms. The first-order valence-electron chi connectivity index (χ1n) is 7.70. The number of rotatable bonds is 5. The van der Waals surface area contributed by atoms with E-state index in [1.165, 1.54) is 0 Å². The minimum Gasteiger partial charge on any atom is -0.338 e. The minimum absolute atomic E-state index is 0. The van der Waals surface area contributed by atoms with Crippen LogP contribution in [0.3, 0.4) is 0 Å². The molecule has 23 heavy (non-hydrogen) atoms. The molecule has 3 amide bonds. The van der Waals surface area contributed by atoms with Crippen LogP contribution in [-0.2, 0) is 11.2 Å². The Bertz CT molecular complexity index is 565.